The lowest BCUT2D eigenvalue weighted by Crippen LogP contribution is -2.00. The molecule has 1 aromatic heterocycles. The number of methoxy groups -OCH3 is 1. The van der Waals surface area contributed by atoms with Crippen molar-refractivity contribution in [2.75, 3.05) is 7.11 Å². The number of aromatic nitrogens is 3. The molecule has 0 atom stereocenters. The zero-order valence-corrected chi connectivity index (χ0v) is 14.8. The summed E-state index contributed by atoms with van der Waals surface area (Å²) in [7, 11) is 1.66. The van der Waals surface area contributed by atoms with Crippen molar-refractivity contribution in [3.05, 3.63) is 84.4 Å². The highest BCUT2D eigenvalue weighted by Gasteiger charge is 2.17. The number of benzene rings is 3. The average molecular weight is 341 g/mol. The number of hydrogen-bond donors (Lipinski definition) is 0. The third-order valence-corrected chi connectivity index (χ3v) is 4.36. The third kappa shape index (κ3) is 2.97. The summed E-state index contributed by atoms with van der Waals surface area (Å²) in [6.07, 6.45) is 0. The predicted octanol–water partition coefficient (Wildman–Crippen LogP) is 4.92. The lowest BCUT2D eigenvalue weighted by molar-refractivity contribution is 0.414. The summed E-state index contributed by atoms with van der Waals surface area (Å²) in [4.78, 5) is 0. The number of nitrogens with zero attached hydrogens (tertiary/aromatic N) is 3. The van der Waals surface area contributed by atoms with Gasteiger partial charge < -0.3 is 4.74 Å². The van der Waals surface area contributed by atoms with E-state index in [4.69, 9.17) is 4.74 Å². The first kappa shape index (κ1) is 16.1. The van der Waals surface area contributed by atoms with Crippen molar-refractivity contribution in [2.45, 2.75) is 6.92 Å². The van der Waals surface area contributed by atoms with Crippen LogP contribution in [0.2, 0.25) is 0 Å². The molecule has 0 aliphatic heterocycles. The number of aryl methyl sites for hydroxylation is 1. The van der Waals surface area contributed by atoms with E-state index in [2.05, 4.69) is 53.6 Å². The topological polar surface area (TPSA) is 39.9 Å². The maximum absolute atomic E-state index is 5.26. The summed E-state index contributed by atoms with van der Waals surface area (Å²) < 4.78 is 7.14. The molecule has 0 aliphatic carbocycles. The van der Waals surface area contributed by atoms with Crippen LogP contribution in [0, 0.1) is 6.92 Å². The van der Waals surface area contributed by atoms with Crippen LogP contribution in [-0.4, -0.2) is 22.1 Å². The van der Waals surface area contributed by atoms with Gasteiger partial charge in [0.1, 0.15) is 17.1 Å². The van der Waals surface area contributed by atoms with Crippen LogP contribution in [0.5, 0.6) is 5.75 Å². The van der Waals surface area contributed by atoms with E-state index in [-0.39, 0.29) is 0 Å². The molecular weight excluding hydrogens is 322 g/mol. The Balaban J connectivity index is 1.91. The van der Waals surface area contributed by atoms with E-state index in [1.54, 1.807) is 7.11 Å². The van der Waals surface area contributed by atoms with Gasteiger partial charge in [-0.1, -0.05) is 65.4 Å². The fourth-order valence-corrected chi connectivity index (χ4v) is 2.95. The molecule has 0 amide bonds. The first-order valence-electron chi connectivity index (χ1n) is 8.49. The molecule has 26 heavy (non-hydrogen) atoms. The van der Waals surface area contributed by atoms with Crippen LogP contribution in [0.4, 0.5) is 0 Å². The van der Waals surface area contributed by atoms with E-state index in [0.717, 1.165) is 34.0 Å². The van der Waals surface area contributed by atoms with Gasteiger partial charge in [-0.3, -0.25) is 0 Å². The number of hydrogen-bond acceptors (Lipinski definition) is 3. The molecule has 4 rings (SSSR count). The minimum Gasteiger partial charge on any atom is -0.497 e. The van der Waals surface area contributed by atoms with E-state index in [0.29, 0.717) is 0 Å². The van der Waals surface area contributed by atoms with Crippen molar-refractivity contribution in [2.24, 2.45) is 0 Å². The predicted molar refractivity (Wildman–Crippen MR) is 104 cm³/mol. The maximum atomic E-state index is 5.26. The van der Waals surface area contributed by atoms with Crippen molar-refractivity contribution in [3.8, 4) is 34.0 Å². The van der Waals surface area contributed by atoms with Gasteiger partial charge >= 0.3 is 0 Å². The fourth-order valence-electron chi connectivity index (χ4n) is 2.95. The lowest BCUT2D eigenvalue weighted by Gasteiger charge is -2.10. The molecule has 3 aromatic carbocycles. The highest BCUT2D eigenvalue weighted by molar-refractivity contribution is 5.79. The van der Waals surface area contributed by atoms with Crippen LogP contribution in [0.25, 0.3) is 28.2 Å². The molecule has 128 valence electrons. The van der Waals surface area contributed by atoms with Crippen LogP contribution < -0.4 is 4.74 Å². The summed E-state index contributed by atoms with van der Waals surface area (Å²) in [5, 5.41) is 8.93. The van der Waals surface area contributed by atoms with Crippen molar-refractivity contribution < 1.29 is 4.74 Å². The highest BCUT2D eigenvalue weighted by atomic mass is 16.5. The van der Waals surface area contributed by atoms with E-state index >= 15 is 0 Å². The van der Waals surface area contributed by atoms with E-state index in [1.807, 2.05) is 47.1 Å². The van der Waals surface area contributed by atoms with Crippen molar-refractivity contribution in [3.63, 3.8) is 0 Å². The van der Waals surface area contributed by atoms with E-state index in [9.17, 15) is 0 Å². The number of rotatable bonds is 4. The van der Waals surface area contributed by atoms with Gasteiger partial charge in [0, 0.05) is 11.1 Å². The van der Waals surface area contributed by atoms with Gasteiger partial charge in [0.15, 0.2) is 0 Å². The van der Waals surface area contributed by atoms with Crippen molar-refractivity contribution in [1.82, 2.24) is 15.0 Å². The molecule has 4 heteroatoms. The second-order valence-corrected chi connectivity index (χ2v) is 6.13. The van der Waals surface area contributed by atoms with Gasteiger partial charge in [0.25, 0.3) is 0 Å². The molecule has 0 saturated heterocycles. The minimum atomic E-state index is 0.814. The SMILES string of the molecule is COc1ccc(-n2nnc(-c3ccccc3)c2-c2ccc(C)cc2)cc1. The second-order valence-electron chi connectivity index (χ2n) is 6.13. The average Bonchev–Trinajstić information content (AvgIpc) is 3.14. The van der Waals surface area contributed by atoms with Crippen molar-refractivity contribution in [1.29, 1.82) is 0 Å². The Morgan fingerprint density at radius 3 is 2.12 bits per heavy atom. The van der Waals surface area contributed by atoms with Crippen LogP contribution in [0.15, 0.2) is 78.9 Å². The smallest absolute Gasteiger partial charge is 0.121 e. The largest absolute Gasteiger partial charge is 0.497 e. The van der Waals surface area contributed by atoms with Crippen molar-refractivity contribution >= 4 is 0 Å². The minimum absolute atomic E-state index is 0.814. The third-order valence-electron chi connectivity index (χ3n) is 4.36. The molecule has 0 radical (unpaired) electrons. The standard InChI is InChI=1S/C22H19N3O/c1-16-8-10-18(11-9-16)22-21(17-6-4-3-5-7-17)23-24-25(22)19-12-14-20(26-2)15-13-19/h3-15H,1-2H3. The molecule has 4 aromatic rings. The molecule has 0 aliphatic rings. The lowest BCUT2D eigenvalue weighted by atomic mass is 10.0. The summed E-state index contributed by atoms with van der Waals surface area (Å²) in [5.41, 5.74) is 6.12. The molecule has 1 heterocycles. The molecule has 0 saturated carbocycles. The Morgan fingerprint density at radius 1 is 0.769 bits per heavy atom. The van der Waals surface area contributed by atoms with Crippen LogP contribution in [-0.2, 0) is 0 Å². The van der Waals surface area contributed by atoms with Gasteiger partial charge in [-0.15, -0.1) is 5.10 Å². The van der Waals surface area contributed by atoms with Crippen LogP contribution in [0.3, 0.4) is 0 Å². The Hall–Kier alpha value is -3.40. The molecule has 0 unspecified atom stereocenters. The zero-order valence-electron chi connectivity index (χ0n) is 14.8. The molecule has 0 N–H and O–H groups in total. The quantitative estimate of drug-likeness (QED) is 0.529. The Labute approximate surface area is 152 Å². The molecule has 4 nitrogen and oxygen atoms in total. The molecule has 0 spiro atoms. The fraction of sp³-hybridized carbons (Fsp3) is 0.0909. The van der Waals surface area contributed by atoms with Gasteiger partial charge in [0.05, 0.1) is 12.8 Å². The molecular formula is C22H19N3O. The zero-order chi connectivity index (χ0) is 17.9. The van der Waals surface area contributed by atoms with Crippen LogP contribution in [0.1, 0.15) is 5.56 Å². The highest BCUT2D eigenvalue weighted by Crippen LogP contribution is 2.32. The van der Waals surface area contributed by atoms with Crippen LogP contribution >= 0.6 is 0 Å². The summed E-state index contributed by atoms with van der Waals surface area (Å²) in [5.74, 6) is 0.814. The monoisotopic (exact) mass is 341 g/mol. The second kappa shape index (κ2) is 6.84. The summed E-state index contributed by atoms with van der Waals surface area (Å²) >= 11 is 0. The molecule has 0 bridgehead atoms. The van der Waals surface area contributed by atoms with Gasteiger partial charge in [-0.2, -0.15) is 0 Å². The first-order valence-corrected chi connectivity index (χ1v) is 8.49. The normalized spacial score (nSPS) is 10.7. The number of ether oxygens (including phenoxy) is 1. The maximum Gasteiger partial charge on any atom is 0.121 e. The van der Waals surface area contributed by atoms with E-state index in [1.165, 1.54) is 5.56 Å². The van der Waals surface area contributed by atoms with E-state index < -0.39 is 0 Å². The Morgan fingerprint density at radius 2 is 1.46 bits per heavy atom. The van der Waals surface area contributed by atoms with Gasteiger partial charge in [0.2, 0.25) is 0 Å². The van der Waals surface area contributed by atoms with Gasteiger partial charge in [-0.05, 0) is 31.2 Å². The summed E-state index contributed by atoms with van der Waals surface area (Å²) in [6.45, 7) is 2.08. The first-order chi connectivity index (χ1) is 12.8. The summed E-state index contributed by atoms with van der Waals surface area (Å²) in [6, 6.07) is 26.4. The molecule has 0 fully saturated rings. The Bertz CT molecular complexity index is 1000. The van der Waals surface area contributed by atoms with Gasteiger partial charge in [-0.25, -0.2) is 4.68 Å². The Kier molecular flexibility index (Phi) is 4.23.